The van der Waals surface area contributed by atoms with E-state index in [2.05, 4.69) is 30.8 Å². The van der Waals surface area contributed by atoms with Gasteiger partial charge in [-0.05, 0) is 87.2 Å². The number of aliphatic hydroxyl groups is 1. The maximum atomic E-state index is 12.4. The fourth-order valence-corrected chi connectivity index (χ4v) is 4.24. The van der Waals surface area contributed by atoms with Crippen molar-refractivity contribution in [3.05, 3.63) is 47.5 Å². The van der Waals surface area contributed by atoms with E-state index >= 15 is 0 Å². The molecule has 0 spiro atoms. The molecule has 1 fully saturated rings. The molecule has 28 heavy (non-hydrogen) atoms. The zero-order chi connectivity index (χ0) is 20.4. The van der Waals surface area contributed by atoms with E-state index in [4.69, 9.17) is 4.74 Å². The fraction of sp³-hybridized carbons (Fsp3) is 0.625. The Morgan fingerprint density at radius 3 is 2.46 bits per heavy atom. The minimum atomic E-state index is -0.361. The monoisotopic (exact) mass is 390 g/mol. The molecule has 156 valence electrons. The molecule has 0 heterocycles. The van der Waals surface area contributed by atoms with E-state index in [1.54, 1.807) is 6.92 Å². The van der Waals surface area contributed by atoms with E-state index in [9.17, 15) is 14.3 Å². The highest BCUT2D eigenvalue weighted by atomic mass is 19.1. The second kappa shape index (κ2) is 12.0. The van der Waals surface area contributed by atoms with Crippen molar-refractivity contribution in [3.8, 4) is 0 Å². The van der Waals surface area contributed by atoms with Gasteiger partial charge in [-0.3, -0.25) is 4.39 Å². The largest absolute Gasteiger partial charge is 0.462 e. The Morgan fingerprint density at radius 1 is 1.21 bits per heavy atom. The Balaban J connectivity index is 1.88. The second-order valence-corrected chi connectivity index (χ2v) is 8.13. The van der Waals surface area contributed by atoms with Crippen molar-refractivity contribution in [1.82, 2.24) is 0 Å². The lowest BCUT2D eigenvalue weighted by molar-refractivity contribution is -0.139. The second-order valence-electron chi connectivity index (χ2n) is 8.13. The maximum absolute atomic E-state index is 12.4. The Bertz CT molecular complexity index is 603. The number of rotatable bonds is 11. The van der Waals surface area contributed by atoms with E-state index in [1.165, 1.54) is 36.8 Å². The van der Waals surface area contributed by atoms with E-state index in [1.807, 2.05) is 0 Å². The van der Waals surface area contributed by atoms with Gasteiger partial charge in [0.2, 0.25) is 0 Å². The Labute approximate surface area is 169 Å². The number of esters is 1. The van der Waals surface area contributed by atoms with Crippen molar-refractivity contribution in [3.63, 3.8) is 0 Å². The quantitative estimate of drug-likeness (QED) is 0.390. The van der Waals surface area contributed by atoms with E-state index in [0.717, 1.165) is 6.42 Å². The first-order valence-electron chi connectivity index (χ1n) is 10.6. The number of carbonyl (C=O) groups is 1. The third-order valence-electron chi connectivity index (χ3n) is 6.00. The first-order valence-corrected chi connectivity index (χ1v) is 10.6. The maximum Gasteiger partial charge on any atom is 0.333 e. The van der Waals surface area contributed by atoms with Crippen molar-refractivity contribution in [2.45, 2.75) is 70.1 Å². The van der Waals surface area contributed by atoms with E-state index in [-0.39, 0.29) is 25.2 Å². The molecule has 1 aromatic rings. The predicted molar refractivity (Wildman–Crippen MR) is 111 cm³/mol. The van der Waals surface area contributed by atoms with Crippen molar-refractivity contribution < 1.29 is 19.0 Å². The number of halogens is 1. The summed E-state index contributed by atoms with van der Waals surface area (Å²) >= 11 is 0. The van der Waals surface area contributed by atoms with Gasteiger partial charge in [-0.2, -0.15) is 0 Å². The fourth-order valence-electron chi connectivity index (χ4n) is 4.24. The van der Waals surface area contributed by atoms with Crippen LogP contribution in [0.3, 0.4) is 0 Å². The third-order valence-corrected chi connectivity index (χ3v) is 6.00. The van der Waals surface area contributed by atoms with Gasteiger partial charge in [-0.15, -0.1) is 0 Å². The number of aliphatic hydroxyl groups excluding tert-OH is 1. The number of alkyl halides is 1. The first-order chi connectivity index (χ1) is 13.5. The van der Waals surface area contributed by atoms with Crippen LogP contribution < -0.4 is 0 Å². The number of hydrogen-bond acceptors (Lipinski definition) is 3. The summed E-state index contributed by atoms with van der Waals surface area (Å²) in [6, 6.07) is 8.75. The number of benzene rings is 1. The Morgan fingerprint density at radius 2 is 1.89 bits per heavy atom. The van der Waals surface area contributed by atoms with Gasteiger partial charge in [-0.25, -0.2) is 4.79 Å². The van der Waals surface area contributed by atoms with Gasteiger partial charge in [0.25, 0.3) is 0 Å². The molecule has 0 aliphatic heterocycles. The molecule has 1 unspecified atom stereocenters. The molecule has 0 aromatic heterocycles. The van der Waals surface area contributed by atoms with Gasteiger partial charge >= 0.3 is 5.97 Å². The van der Waals surface area contributed by atoms with Crippen LogP contribution in [0.25, 0.3) is 0 Å². The minimum absolute atomic E-state index is 0.115. The van der Waals surface area contributed by atoms with Crippen LogP contribution >= 0.6 is 0 Å². The molecule has 0 bridgehead atoms. The van der Waals surface area contributed by atoms with Crippen LogP contribution in [0.1, 0.15) is 81.3 Å². The smallest absolute Gasteiger partial charge is 0.333 e. The highest BCUT2D eigenvalue weighted by Gasteiger charge is 2.22. The van der Waals surface area contributed by atoms with Gasteiger partial charge in [0.1, 0.15) is 0 Å². The lowest BCUT2D eigenvalue weighted by Crippen LogP contribution is -2.14. The average Bonchev–Trinajstić information content (AvgIpc) is 2.72. The van der Waals surface area contributed by atoms with Crippen LogP contribution in [-0.2, 0) is 9.53 Å². The topological polar surface area (TPSA) is 46.5 Å². The van der Waals surface area contributed by atoms with Crippen LogP contribution in [0.2, 0.25) is 0 Å². The number of ether oxygens (including phenoxy) is 1. The van der Waals surface area contributed by atoms with Crippen LogP contribution in [0.4, 0.5) is 4.39 Å². The predicted octanol–water partition coefficient (Wildman–Crippen LogP) is 5.69. The zero-order valence-electron chi connectivity index (χ0n) is 17.2. The van der Waals surface area contributed by atoms with Gasteiger partial charge in [0.15, 0.2) is 0 Å². The molecular formula is C24H35FO3. The zero-order valence-corrected chi connectivity index (χ0v) is 17.2. The number of hydrogen-bond donors (Lipinski definition) is 1. The SMILES string of the molecule is C=C(C)C(=O)OCCC(CCO)c1ccc(C2CCC(CCCF)CC2)cc1. The summed E-state index contributed by atoms with van der Waals surface area (Å²) in [4.78, 5) is 11.5. The summed E-state index contributed by atoms with van der Waals surface area (Å²) in [6.07, 6.45) is 7.86. The highest BCUT2D eigenvalue weighted by Crippen LogP contribution is 2.38. The summed E-state index contributed by atoms with van der Waals surface area (Å²) in [7, 11) is 0. The standard InChI is InChI=1S/C24H35FO3/c1-18(2)24(27)28-17-14-23(13-16-26)22-11-9-21(10-12-22)20-7-5-19(6-8-20)4-3-15-25/h9-12,19-20,23,26H,1,3-8,13-17H2,2H3. The van der Waals surface area contributed by atoms with Crippen LogP contribution in [0.15, 0.2) is 36.4 Å². The van der Waals surface area contributed by atoms with E-state index in [0.29, 0.717) is 43.3 Å². The lowest BCUT2D eigenvalue weighted by atomic mass is 9.77. The average molecular weight is 391 g/mol. The molecule has 0 amide bonds. The van der Waals surface area contributed by atoms with Gasteiger partial charge in [-0.1, -0.05) is 30.8 Å². The number of carbonyl (C=O) groups excluding carboxylic acids is 1. The minimum Gasteiger partial charge on any atom is -0.462 e. The summed E-state index contributed by atoms with van der Waals surface area (Å²) in [6.45, 7) is 5.49. The lowest BCUT2D eigenvalue weighted by Gasteiger charge is -2.29. The van der Waals surface area contributed by atoms with Crippen LogP contribution in [0, 0.1) is 5.92 Å². The summed E-state index contributed by atoms with van der Waals surface area (Å²) in [5.74, 6) is 1.11. The van der Waals surface area contributed by atoms with Crippen molar-refractivity contribution in [2.75, 3.05) is 19.9 Å². The molecule has 1 aromatic carbocycles. The van der Waals surface area contributed by atoms with Crippen LogP contribution in [0.5, 0.6) is 0 Å². The molecule has 1 atom stereocenters. The highest BCUT2D eigenvalue weighted by molar-refractivity contribution is 5.86. The van der Waals surface area contributed by atoms with Gasteiger partial charge in [0.05, 0.1) is 13.3 Å². The Hall–Kier alpha value is -1.68. The molecule has 4 heteroatoms. The molecule has 3 nitrogen and oxygen atoms in total. The molecule has 0 saturated heterocycles. The third kappa shape index (κ3) is 7.05. The summed E-state index contributed by atoms with van der Waals surface area (Å²) in [5, 5.41) is 9.39. The molecule has 1 aliphatic rings. The molecule has 1 saturated carbocycles. The van der Waals surface area contributed by atoms with Crippen molar-refractivity contribution in [2.24, 2.45) is 5.92 Å². The molecule has 1 aliphatic carbocycles. The summed E-state index contributed by atoms with van der Waals surface area (Å²) < 4.78 is 17.6. The Kier molecular flexibility index (Phi) is 9.69. The van der Waals surface area contributed by atoms with Crippen molar-refractivity contribution in [1.29, 1.82) is 0 Å². The van der Waals surface area contributed by atoms with E-state index < -0.39 is 0 Å². The first kappa shape index (κ1) is 22.6. The van der Waals surface area contributed by atoms with Crippen LogP contribution in [-0.4, -0.2) is 31.0 Å². The molecular weight excluding hydrogens is 355 g/mol. The molecule has 0 radical (unpaired) electrons. The normalized spacial score (nSPS) is 20.5. The van der Waals surface area contributed by atoms with Gasteiger partial charge in [0, 0.05) is 12.2 Å². The summed E-state index contributed by atoms with van der Waals surface area (Å²) in [5.41, 5.74) is 2.97. The van der Waals surface area contributed by atoms with Crippen molar-refractivity contribution >= 4 is 5.97 Å². The van der Waals surface area contributed by atoms with Gasteiger partial charge < -0.3 is 9.84 Å². The molecule has 2 rings (SSSR count). The molecule has 1 N–H and O–H groups in total.